The van der Waals surface area contributed by atoms with Gasteiger partial charge in [0, 0.05) is 42.7 Å². The number of ether oxygens (including phenoxy) is 2. The van der Waals surface area contributed by atoms with Crippen molar-refractivity contribution in [3.05, 3.63) is 70.2 Å². The number of carbonyl (C=O) groups excluding carboxylic acids is 1. The molecule has 0 bridgehead atoms. The van der Waals surface area contributed by atoms with Gasteiger partial charge in [0.2, 0.25) is 0 Å². The molecule has 8 nitrogen and oxygen atoms in total. The van der Waals surface area contributed by atoms with Crippen LogP contribution in [0.3, 0.4) is 0 Å². The largest absolute Gasteiger partial charge is 0.573 e. The van der Waals surface area contributed by atoms with E-state index >= 15 is 0 Å². The fourth-order valence-corrected chi connectivity index (χ4v) is 5.32. The summed E-state index contributed by atoms with van der Waals surface area (Å²) in [7, 11) is 0. The monoisotopic (exact) mass is 486 g/mol. The summed E-state index contributed by atoms with van der Waals surface area (Å²) in [6.45, 7) is 3.24. The van der Waals surface area contributed by atoms with Crippen LogP contribution in [0.15, 0.2) is 47.7 Å². The Labute approximate surface area is 197 Å². The molecular formula is C24H21F3N4O4. The van der Waals surface area contributed by atoms with Crippen molar-refractivity contribution in [2.45, 2.75) is 31.7 Å². The summed E-state index contributed by atoms with van der Waals surface area (Å²) < 4.78 is 51.3. The summed E-state index contributed by atoms with van der Waals surface area (Å²) in [4.78, 5) is 32.3. The first-order chi connectivity index (χ1) is 16.6. The van der Waals surface area contributed by atoms with Crippen LogP contribution in [0.5, 0.6) is 11.5 Å². The molecule has 4 heterocycles. The van der Waals surface area contributed by atoms with Gasteiger partial charge < -0.3 is 23.5 Å². The average molecular weight is 486 g/mol. The lowest BCUT2D eigenvalue weighted by atomic mass is 9.89. The zero-order valence-corrected chi connectivity index (χ0v) is 18.7. The third-order valence-corrected chi connectivity index (χ3v) is 7.11. The maximum absolute atomic E-state index is 13.4. The number of alkyl halides is 3. The maximum Gasteiger partial charge on any atom is 0.573 e. The van der Waals surface area contributed by atoms with Crippen molar-refractivity contribution in [3.63, 3.8) is 0 Å². The third kappa shape index (κ3) is 3.57. The Morgan fingerprint density at radius 3 is 2.77 bits per heavy atom. The van der Waals surface area contributed by atoms with E-state index in [2.05, 4.69) is 9.72 Å². The topological polar surface area (TPSA) is 78.6 Å². The number of rotatable bonds is 4. The molecule has 1 fully saturated rings. The van der Waals surface area contributed by atoms with Gasteiger partial charge in [0.1, 0.15) is 22.9 Å². The Bertz CT molecular complexity index is 1410. The molecule has 35 heavy (non-hydrogen) atoms. The molecule has 1 amide bonds. The minimum Gasteiger partial charge on any atom is -0.493 e. The molecule has 0 spiro atoms. The van der Waals surface area contributed by atoms with Crippen LogP contribution in [0.1, 0.15) is 28.2 Å². The van der Waals surface area contributed by atoms with E-state index in [1.54, 1.807) is 34.1 Å². The van der Waals surface area contributed by atoms with Crippen LogP contribution in [0, 0.1) is 12.8 Å². The lowest BCUT2D eigenvalue weighted by molar-refractivity contribution is -0.274. The van der Waals surface area contributed by atoms with Crippen molar-refractivity contribution < 1.29 is 27.4 Å². The summed E-state index contributed by atoms with van der Waals surface area (Å²) in [6.07, 6.45) is -0.799. The minimum absolute atomic E-state index is 0.0971. The number of amides is 1. The molecule has 182 valence electrons. The first-order valence-corrected chi connectivity index (χ1v) is 11.2. The Kier molecular flexibility index (Phi) is 4.58. The van der Waals surface area contributed by atoms with Gasteiger partial charge in [-0.3, -0.25) is 9.59 Å². The lowest BCUT2D eigenvalue weighted by Gasteiger charge is -2.35. The number of halogens is 3. The van der Waals surface area contributed by atoms with E-state index in [1.165, 1.54) is 22.8 Å². The molecule has 1 unspecified atom stereocenters. The first-order valence-electron chi connectivity index (χ1n) is 11.2. The molecule has 0 N–H and O–H groups in total. The van der Waals surface area contributed by atoms with Gasteiger partial charge in [0.25, 0.3) is 11.5 Å². The van der Waals surface area contributed by atoms with E-state index in [1.807, 2.05) is 6.92 Å². The van der Waals surface area contributed by atoms with Crippen LogP contribution in [0.2, 0.25) is 0 Å². The van der Waals surface area contributed by atoms with Gasteiger partial charge in [-0.15, -0.1) is 13.2 Å². The second kappa shape index (κ2) is 7.37. The van der Waals surface area contributed by atoms with Crippen LogP contribution in [-0.4, -0.2) is 51.0 Å². The number of hydrogen-bond acceptors (Lipinski definition) is 5. The number of aromatic nitrogens is 3. The molecular weight excluding hydrogens is 465 g/mol. The Morgan fingerprint density at radius 2 is 2.03 bits per heavy atom. The van der Waals surface area contributed by atoms with Crippen LogP contribution < -0.4 is 15.0 Å². The van der Waals surface area contributed by atoms with Gasteiger partial charge in [-0.1, -0.05) is 0 Å². The molecule has 1 aromatic carbocycles. The van der Waals surface area contributed by atoms with Crippen LogP contribution >= 0.6 is 0 Å². The lowest BCUT2D eigenvalue weighted by Crippen LogP contribution is -2.48. The maximum atomic E-state index is 13.4. The fourth-order valence-electron chi connectivity index (χ4n) is 5.32. The highest BCUT2D eigenvalue weighted by Crippen LogP contribution is 2.60. The summed E-state index contributed by atoms with van der Waals surface area (Å²) in [5.41, 5.74) is 1.32. The molecule has 0 radical (unpaired) electrons. The van der Waals surface area contributed by atoms with E-state index in [-0.39, 0.29) is 28.8 Å². The van der Waals surface area contributed by atoms with Crippen LogP contribution in [0.25, 0.3) is 5.69 Å². The van der Waals surface area contributed by atoms with E-state index in [4.69, 9.17) is 4.74 Å². The summed E-state index contributed by atoms with van der Waals surface area (Å²) in [5, 5.41) is 0. The van der Waals surface area contributed by atoms with E-state index < -0.39 is 11.8 Å². The Hall–Kier alpha value is -3.76. The molecule has 11 heteroatoms. The number of pyridine rings is 1. The number of fused-ring (bicyclic) bond motifs is 4. The number of hydrogen-bond donors (Lipinski definition) is 0. The second-order valence-electron chi connectivity index (χ2n) is 9.28. The normalized spacial score (nSPS) is 22.7. The van der Waals surface area contributed by atoms with E-state index in [9.17, 15) is 22.8 Å². The summed E-state index contributed by atoms with van der Waals surface area (Å²) >= 11 is 0. The van der Waals surface area contributed by atoms with Gasteiger partial charge in [-0.05, 0) is 43.7 Å². The molecule has 6 rings (SSSR count). The SMILES string of the molecule is Cc1cn(-c2ccc3n(c2=O)CCN(CC24C[C@@H]2COc2ccc(OC(F)(F)F)cc24)C3=O)cn1. The molecule has 2 aliphatic heterocycles. The van der Waals surface area contributed by atoms with Gasteiger partial charge >= 0.3 is 6.36 Å². The van der Waals surface area contributed by atoms with Crippen molar-refractivity contribution in [2.24, 2.45) is 5.92 Å². The van der Waals surface area contributed by atoms with Crippen LogP contribution in [0.4, 0.5) is 13.2 Å². The van der Waals surface area contributed by atoms with Crippen molar-refractivity contribution >= 4 is 5.91 Å². The number of nitrogens with zero attached hydrogens (tertiary/aromatic N) is 4. The minimum atomic E-state index is -4.80. The molecule has 2 atom stereocenters. The van der Waals surface area contributed by atoms with E-state index in [0.717, 1.165) is 5.69 Å². The number of carbonyl (C=O) groups is 1. The van der Waals surface area contributed by atoms with Gasteiger partial charge in [0.05, 0.1) is 18.6 Å². The summed E-state index contributed by atoms with van der Waals surface area (Å²) in [6, 6.07) is 7.33. The quantitative estimate of drug-likeness (QED) is 0.567. The predicted octanol–water partition coefficient (Wildman–Crippen LogP) is 3.05. The predicted molar refractivity (Wildman–Crippen MR) is 117 cm³/mol. The standard InChI is InChI=1S/C24H21F3N4O4/c1-14-10-30(13-28-14)18-3-4-19-21(32)29(6-7-31(19)22(18)33)12-23-9-15(23)11-34-20-5-2-16(8-17(20)23)35-24(25,26)27/h2-5,8,10,13,15H,6-7,9,11-12H2,1H3/t15-,23?/m1/s1. The number of imidazole rings is 1. The highest BCUT2D eigenvalue weighted by atomic mass is 19.4. The number of aryl methyl sites for hydroxylation is 1. The van der Waals surface area contributed by atoms with Crippen molar-refractivity contribution in [2.75, 3.05) is 19.7 Å². The van der Waals surface area contributed by atoms with Gasteiger partial charge in [-0.2, -0.15) is 0 Å². The highest BCUT2D eigenvalue weighted by Gasteiger charge is 2.60. The van der Waals surface area contributed by atoms with Crippen molar-refractivity contribution in [1.82, 2.24) is 19.0 Å². The molecule has 1 saturated carbocycles. The highest BCUT2D eigenvalue weighted by molar-refractivity contribution is 5.93. The molecule has 1 aliphatic carbocycles. The first kappa shape index (κ1) is 21.8. The zero-order chi connectivity index (χ0) is 24.5. The van der Waals surface area contributed by atoms with Crippen molar-refractivity contribution in [3.8, 4) is 17.2 Å². The van der Waals surface area contributed by atoms with Gasteiger partial charge in [0.15, 0.2) is 0 Å². The van der Waals surface area contributed by atoms with Gasteiger partial charge in [-0.25, -0.2) is 4.98 Å². The second-order valence-corrected chi connectivity index (χ2v) is 9.28. The Morgan fingerprint density at radius 1 is 1.20 bits per heavy atom. The zero-order valence-electron chi connectivity index (χ0n) is 18.7. The number of benzene rings is 1. The molecule has 2 aromatic heterocycles. The van der Waals surface area contributed by atoms with E-state index in [0.29, 0.717) is 49.7 Å². The van der Waals surface area contributed by atoms with Crippen LogP contribution in [-0.2, 0) is 12.0 Å². The molecule has 3 aromatic rings. The molecule has 3 aliphatic rings. The third-order valence-electron chi connectivity index (χ3n) is 7.11. The molecule has 0 saturated heterocycles. The fraction of sp³-hybridized carbons (Fsp3) is 0.375. The Balaban J connectivity index is 1.29. The van der Waals surface area contributed by atoms with Crippen molar-refractivity contribution in [1.29, 1.82) is 0 Å². The summed E-state index contributed by atoms with van der Waals surface area (Å²) in [5.74, 6) is 0.0166. The smallest absolute Gasteiger partial charge is 0.493 e. The average Bonchev–Trinajstić information content (AvgIpc) is 3.37.